The standard InChI is InChI=1S/C30H38O6.C15H20O6.C5H6/c1-2-30(15-34-27(31)24-12-18-3-6-21(24)9-18,16-35-28(32)25-13-19-4-7-22(25)10-19)17-36-29(33)26-14-20-5-8-23(26)11-20;1-5-12(16)19-9-15(8-4,10-20-13(17)6-2)11-21-14(18)7-3;1-2-4-5-3-1/h3-8,18-26H,2,9-17H2,1H3;5-7H,1-3,8-11H2,4H3;1-4H,5H2. The smallest absolute Gasteiger partial charge is 0.330 e. The van der Waals surface area contributed by atoms with Crippen LogP contribution in [-0.2, 0) is 57.2 Å². The van der Waals surface area contributed by atoms with Gasteiger partial charge in [0.1, 0.15) is 39.6 Å². The molecule has 6 bridgehead atoms. The van der Waals surface area contributed by atoms with Crippen molar-refractivity contribution < 1.29 is 57.2 Å². The average Bonchev–Trinajstić information content (AvgIpc) is 4.18. The number of carbonyl (C=O) groups excluding carboxylic acids is 6. The van der Waals surface area contributed by atoms with Crippen LogP contribution in [0.25, 0.3) is 0 Å². The monoisotopic (exact) mass is 856 g/mol. The Hall–Kier alpha value is -5.26. The van der Waals surface area contributed by atoms with Crippen LogP contribution in [0.5, 0.6) is 0 Å². The first-order valence-electron chi connectivity index (χ1n) is 22.1. The first kappa shape index (κ1) is 47.8. The van der Waals surface area contributed by atoms with Crippen molar-refractivity contribution in [3.8, 4) is 0 Å². The fourth-order valence-electron chi connectivity index (χ4n) is 9.25. The highest BCUT2D eigenvalue weighted by Crippen LogP contribution is 2.46. The van der Waals surface area contributed by atoms with E-state index in [9.17, 15) is 28.8 Å². The molecule has 3 fully saturated rings. The van der Waals surface area contributed by atoms with Gasteiger partial charge >= 0.3 is 35.8 Å². The third kappa shape index (κ3) is 12.9. The predicted octanol–water partition coefficient (Wildman–Crippen LogP) is 7.72. The first-order valence-corrected chi connectivity index (χ1v) is 22.1. The SMILES string of the molecule is C1=CCC=C1.C=CC(=O)OCC(CC)(COC(=O)C=C)COC(=O)C=C.CCC(COC(=O)C1CC2C=CC1C2)(COC(=O)C1CC2C=CC1C2)COC(=O)C1CC2C=CC1C2. The Kier molecular flexibility index (Phi) is 17.5. The molecule has 0 aliphatic heterocycles. The maximum absolute atomic E-state index is 13.0. The Labute approximate surface area is 366 Å². The van der Waals surface area contributed by atoms with Gasteiger partial charge < -0.3 is 28.4 Å². The number of hydrogen-bond acceptors (Lipinski definition) is 12. The summed E-state index contributed by atoms with van der Waals surface area (Å²) in [6.45, 7) is 13.7. The second kappa shape index (κ2) is 22.7. The highest BCUT2D eigenvalue weighted by atomic mass is 16.6. The van der Waals surface area contributed by atoms with E-state index in [2.05, 4.69) is 80.5 Å². The summed E-state index contributed by atoms with van der Waals surface area (Å²) in [7, 11) is 0. The Morgan fingerprint density at radius 2 is 0.758 bits per heavy atom. The van der Waals surface area contributed by atoms with Gasteiger partial charge in [-0.2, -0.15) is 0 Å². The number of esters is 6. The molecule has 12 heteroatoms. The van der Waals surface area contributed by atoms with Crippen LogP contribution in [0.2, 0.25) is 0 Å². The summed E-state index contributed by atoms with van der Waals surface area (Å²) in [4.78, 5) is 72.5. The minimum atomic E-state index is -0.837. The lowest BCUT2D eigenvalue weighted by Gasteiger charge is -2.33. The lowest BCUT2D eigenvalue weighted by Crippen LogP contribution is -2.41. The van der Waals surface area contributed by atoms with Crippen molar-refractivity contribution >= 4 is 35.8 Å². The van der Waals surface area contributed by atoms with Gasteiger partial charge in [-0.25, -0.2) is 14.4 Å². The van der Waals surface area contributed by atoms with E-state index in [-0.39, 0.29) is 93.1 Å². The molecule has 0 heterocycles. The van der Waals surface area contributed by atoms with Gasteiger partial charge in [0, 0.05) is 18.2 Å². The molecule has 0 saturated heterocycles. The predicted molar refractivity (Wildman–Crippen MR) is 231 cm³/mol. The fourth-order valence-corrected chi connectivity index (χ4v) is 9.25. The van der Waals surface area contributed by atoms with Crippen molar-refractivity contribution in [3.05, 3.63) is 98.7 Å². The van der Waals surface area contributed by atoms with E-state index in [1.165, 1.54) is 0 Å². The minimum absolute atomic E-state index is 0.0802. The van der Waals surface area contributed by atoms with E-state index < -0.39 is 28.7 Å². The topological polar surface area (TPSA) is 158 Å². The van der Waals surface area contributed by atoms with E-state index in [0.717, 1.165) is 63.2 Å². The molecular weight excluding hydrogens is 793 g/mol. The van der Waals surface area contributed by atoms with Gasteiger partial charge in [0.2, 0.25) is 0 Å². The Balaban J connectivity index is 0.000000237. The maximum Gasteiger partial charge on any atom is 0.330 e. The van der Waals surface area contributed by atoms with Gasteiger partial charge in [-0.15, -0.1) is 0 Å². The van der Waals surface area contributed by atoms with E-state index in [1.807, 2.05) is 6.92 Å². The van der Waals surface area contributed by atoms with Crippen LogP contribution in [0.1, 0.15) is 71.6 Å². The summed E-state index contributed by atoms with van der Waals surface area (Å²) in [6, 6.07) is 0. The van der Waals surface area contributed by atoms with Gasteiger partial charge in [0.15, 0.2) is 0 Å². The molecule has 7 aliphatic rings. The first-order chi connectivity index (χ1) is 29.9. The van der Waals surface area contributed by atoms with Crippen LogP contribution in [-0.4, -0.2) is 75.5 Å². The summed E-state index contributed by atoms with van der Waals surface area (Å²) in [5, 5.41) is 0. The summed E-state index contributed by atoms with van der Waals surface area (Å²) in [5.74, 6) is -0.414. The molecule has 62 heavy (non-hydrogen) atoms. The quantitative estimate of drug-likeness (QED) is 0.0509. The maximum atomic E-state index is 13.0. The van der Waals surface area contributed by atoms with Crippen molar-refractivity contribution in [1.82, 2.24) is 0 Å². The van der Waals surface area contributed by atoms with Crippen LogP contribution in [0.15, 0.2) is 98.7 Å². The summed E-state index contributed by atoms with van der Waals surface area (Å²) in [5.41, 5.74) is -1.58. The highest BCUT2D eigenvalue weighted by molar-refractivity contribution is 5.82. The van der Waals surface area contributed by atoms with Crippen molar-refractivity contribution in [2.45, 2.75) is 71.6 Å². The van der Waals surface area contributed by atoms with Crippen molar-refractivity contribution in [2.24, 2.45) is 64.1 Å². The Morgan fingerprint density at radius 3 is 0.952 bits per heavy atom. The molecule has 0 N–H and O–H groups in total. The van der Waals surface area contributed by atoms with E-state index >= 15 is 0 Å². The molecule has 0 spiro atoms. The Morgan fingerprint density at radius 1 is 0.468 bits per heavy atom. The highest BCUT2D eigenvalue weighted by Gasteiger charge is 2.46. The van der Waals surface area contributed by atoms with Crippen LogP contribution < -0.4 is 0 Å². The second-order valence-electron chi connectivity index (χ2n) is 17.7. The molecule has 336 valence electrons. The van der Waals surface area contributed by atoms with Gasteiger partial charge in [-0.1, -0.05) is 94.3 Å². The number of fused-ring (bicyclic) bond motifs is 6. The van der Waals surface area contributed by atoms with E-state index in [1.54, 1.807) is 6.92 Å². The molecule has 0 radical (unpaired) electrons. The van der Waals surface area contributed by atoms with Gasteiger partial charge in [-0.05, 0) is 93.3 Å². The normalized spacial score (nSPS) is 28.1. The zero-order chi connectivity index (χ0) is 44.7. The van der Waals surface area contributed by atoms with Gasteiger partial charge in [0.25, 0.3) is 0 Å². The van der Waals surface area contributed by atoms with Crippen LogP contribution in [0.3, 0.4) is 0 Å². The molecular formula is C50H64O12. The molecule has 0 amide bonds. The molecule has 7 rings (SSSR count). The van der Waals surface area contributed by atoms with Crippen LogP contribution in [0.4, 0.5) is 0 Å². The minimum Gasteiger partial charge on any atom is -0.465 e. The number of rotatable bonds is 20. The molecule has 12 nitrogen and oxygen atoms in total. The largest absolute Gasteiger partial charge is 0.465 e. The molecule has 0 aromatic carbocycles. The van der Waals surface area contributed by atoms with Crippen molar-refractivity contribution in [1.29, 1.82) is 0 Å². The lowest BCUT2D eigenvalue weighted by molar-refractivity contribution is -0.169. The Bertz CT molecular complexity index is 1620. The summed E-state index contributed by atoms with van der Waals surface area (Å²) < 4.78 is 32.6. The van der Waals surface area contributed by atoms with Crippen LogP contribution >= 0.6 is 0 Å². The number of hydrogen-bond donors (Lipinski definition) is 0. The molecule has 7 aliphatic carbocycles. The fraction of sp³-hybridized carbons (Fsp3) is 0.560. The molecule has 0 aromatic heterocycles. The summed E-state index contributed by atoms with van der Waals surface area (Å²) in [6.07, 6.45) is 32.3. The third-order valence-electron chi connectivity index (χ3n) is 13.5. The van der Waals surface area contributed by atoms with Gasteiger partial charge in [0.05, 0.1) is 28.6 Å². The summed E-state index contributed by atoms with van der Waals surface area (Å²) >= 11 is 0. The molecule has 3 saturated carbocycles. The lowest BCUT2D eigenvalue weighted by atomic mass is 9.87. The van der Waals surface area contributed by atoms with Crippen LogP contribution in [0, 0.1) is 64.1 Å². The number of carbonyl (C=O) groups is 6. The van der Waals surface area contributed by atoms with E-state index in [0.29, 0.717) is 30.6 Å². The van der Waals surface area contributed by atoms with E-state index in [4.69, 9.17) is 28.4 Å². The van der Waals surface area contributed by atoms with Crippen molar-refractivity contribution in [2.75, 3.05) is 39.6 Å². The molecule has 0 aromatic rings. The van der Waals surface area contributed by atoms with Gasteiger partial charge in [-0.3, -0.25) is 14.4 Å². The van der Waals surface area contributed by atoms with Crippen molar-refractivity contribution in [3.63, 3.8) is 0 Å². The average molecular weight is 857 g/mol. The number of allylic oxidation sites excluding steroid dienone is 10. The zero-order valence-corrected chi connectivity index (χ0v) is 36.3. The second-order valence-corrected chi connectivity index (χ2v) is 17.7. The molecule has 9 atom stereocenters. The number of ether oxygens (including phenoxy) is 6. The zero-order valence-electron chi connectivity index (χ0n) is 36.3. The molecule has 9 unspecified atom stereocenters. The third-order valence-corrected chi connectivity index (χ3v) is 13.5.